The van der Waals surface area contributed by atoms with Crippen molar-refractivity contribution in [2.45, 2.75) is 83.0 Å². The number of allylic oxidation sites excluding steroid dienone is 3. The maximum atomic E-state index is 14.4. The van der Waals surface area contributed by atoms with Crippen LogP contribution in [0.1, 0.15) is 68.8 Å². The highest BCUT2D eigenvalue weighted by molar-refractivity contribution is 6.07. The lowest BCUT2D eigenvalue weighted by atomic mass is 9.91. The van der Waals surface area contributed by atoms with Crippen molar-refractivity contribution < 1.29 is 46.9 Å². The van der Waals surface area contributed by atoms with Gasteiger partial charge in [0, 0.05) is 35.4 Å². The molecule has 350 valence electrons. The van der Waals surface area contributed by atoms with Gasteiger partial charge < -0.3 is 49.3 Å². The van der Waals surface area contributed by atoms with Gasteiger partial charge in [-0.3, -0.25) is 9.59 Å². The molecule has 2 aromatic heterocycles. The van der Waals surface area contributed by atoms with Gasteiger partial charge in [-0.25, -0.2) is 19.6 Å². The number of alkyl halides is 2. The summed E-state index contributed by atoms with van der Waals surface area (Å²) >= 11 is 0. The Morgan fingerprint density at radius 2 is 1.73 bits per heavy atom. The monoisotopic (exact) mass is 918 g/mol. The third-order valence-corrected chi connectivity index (χ3v) is 14.0. The van der Waals surface area contributed by atoms with Gasteiger partial charge in [0.25, 0.3) is 0 Å². The first-order chi connectivity index (χ1) is 32.4. The van der Waals surface area contributed by atoms with E-state index in [1.807, 2.05) is 67.3 Å². The first-order valence-corrected chi connectivity index (χ1v) is 22.7. The number of halogens is 2. The Hall–Kier alpha value is -6.82. The lowest BCUT2D eigenvalue weighted by Crippen LogP contribution is -2.52. The van der Waals surface area contributed by atoms with Crippen LogP contribution in [-0.2, 0) is 30.4 Å². The number of methoxy groups -OCH3 is 2. The molecule has 4 amide bonds. The van der Waals surface area contributed by atoms with Crippen LogP contribution in [0, 0.1) is 23.7 Å². The molecule has 2 aliphatic carbocycles. The van der Waals surface area contributed by atoms with Gasteiger partial charge in [0.15, 0.2) is 0 Å². The number of ether oxygens (including phenoxy) is 4. The number of hydrogen-bond acceptors (Lipinski definition) is 10. The number of aromatic nitrogens is 4. The maximum Gasteiger partial charge on any atom is 0.407 e. The molecule has 18 heteroatoms. The van der Waals surface area contributed by atoms with E-state index in [2.05, 4.69) is 38.8 Å². The number of nitrogens with zero attached hydrogens (tertiary/aromatic N) is 4. The number of hydrogen-bond donors (Lipinski definition) is 4. The van der Waals surface area contributed by atoms with E-state index in [1.165, 1.54) is 14.2 Å². The third-order valence-electron chi connectivity index (χ3n) is 14.0. The van der Waals surface area contributed by atoms with Crippen LogP contribution >= 0.6 is 0 Å². The molecule has 3 unspecified atom stereocenters. The first-order valence-electron chi connectivity index (χ1n) is 22.7. The maximum absolute atomic E-state index is 14.4. The van der Waals surface area contributed by atoms with Gasteiger partial charge in [0.1, 0.15) is 36.1 Å². The second kappa shape index (κ2) is 17.8. The molecule has 8 atom stereocenters. The van der Waals surface area contributed by atoms with Crippen LogP contribution in [-0.4, -0.2) is 106 Å². The van der Waals surface area contributed by atoms with Crippen molar-refractivity contribution in [3.8, 4) is 28.1 Å². The van der Waals surface area contributed by atoms with Crippen LogP contribution in [0.3, 0.4) is 0 Å². The summed E-state index contributed by atoms with van der Waals surface area (Å²) in [6.07, 6.45) is 10.4. The highest BCUT2D eigenvalue weighted by atomic mass is 19.3. The van der Waals surface area contributed by atoms with Gasteiger partial charge in [0.2, 0.25) is 11.8 Å². The number of imidazole rings is 2. The number of H-pyrrole nitrogens is 2. The Kier molecular flexibility index (Phi) is 11.7. The fraction of sp³-hybridized carbons (Fsp3) is 0.429. The molecule has 5 heterocycles. The average molecular weight is 919 g/mol. The molecule has 5 aromatic rings. The molecule has 0 bridgehead atoms. The highest BCUT2D eigenvalue weighted by Gasteiger charge is 2.56. The number of likely N-dealkylation sites (tertiary alicyclic amines) is 2. The molecular formula is C49H52F2N8O8. The number of carbonyl (C=O) groups excluding carboxylic acids is 4. The highest BCUT2D eigenvalue weighted by Crippen LogP contribution is 2.53. The lowest BCUT2D eigenvalue weighted by Gasteiger charge is -2.31. The number of fused-ring (bicyclic) bond motifs is 7. The number of nitrogens with one attached hydrogen (secondary N) is 4. The summed E-state index contributed by atoms with van der Waals surface area (Å²) in [7, 11) is 2.52. The number of alkyl carbamates (subject to hydrolysis) is 2. The van der Waals surface area contributed by atoms with Crippen LogP contribution in [0.25, 0.3) is 44.2 Å². The van der Waals surface area contributed by atoms with Crippen molar-refractivity contribution in [2.75, 3.05) is 27.4 Å². The predicted molar refractivity (Wildman–Crippen MR) is 241 cm³/mol. The summed E-state index contributed by atoms with van der Waals surface area (Å²) in [5, 5.41) is 7.23. The summed E-state index contributed by atoms with van der Waals surface area (Å²) < 4.78 is 47.3. The molecule has 10 rings (SSSR count). The van der Waals surface area contributed by atoms with Crippen LogP contribution < -0.4 is 15.4 Å². The van der Waals surface area contributed by atoms with Gasteiger partial charge in [-0.2, -0.15) is 8.78 Å². The largest absolute Gasteiger partial charge is 0.488 e. The summed E-state index contributed by atoms with van der Waals surface area (Å²) in [4.78, 5) is 73.2. The second-order valence-corrected chi connectivity index (χ2v) is 18.4. The molecule has 1 saturated carbocycles. The van der Waals surface area contributed by atoms with Crippen molar-refractivity contribution in [2.24, 2.45) is 23.7 Å². The number of carbonyl (C=O) groups is 4. The van der Waals surface area contributed by atoms with Crippen LogP contribution in [0.15, 0.2) is 73.0 Å². The topological polar surface area (TPSA) is 193 Å². The Bertz CT molecular complexity index is 2820. The normalized spacial score (nSPS) is 23.5. The quantitative estimate of drug-likeness (QED) is 0.0965. The minimum absolute atomic E-state index is 0.122. The van der Waals surface area contributed by atoms with Gasteiger partial charge in [-0.05, 0) is 83.9 Å². The van der Waals surface area contributed by atoms with Gasteiger partial charge in [-0.1, -0.05) is 56.4 Å². The van der Waals surface area contributed by atoms with Gasteiger partial charge in [0.05, 0.1) is 55.8 Å². The van der Waals surface area contributed by atoms with E-state index in [0.717, 1.165) is 57.1 Å². The predicted octanol–water partition coefficient (Wildman–Crippen LogP) is 7.69. The van der Waals surface area contributed by atoms with E-state index < -0.39 is 42.8 Å². The molecule has 3 aliphatic heterocycles. The molecule has 5 aliphatic rings. The zero-order chi connectivity index (χ0) is 46.7. The van der Waals surface area contributed by atoms with Crippen LogP contribution in [0.4, 0.5) is 18.4 Å². The SMILES string of the molecule is COC(=O)N[C@H](C(=O)N1C2CC2C[C@H]1c1ncc(-c2ccc3c(c2)COc2cc4c(ccc5nc([C@@H]6C[C@H](COC(F)F)CN6C(=O)[C@H](NC(=O)OC)C6C=CC=CC6)[nH]c54)cc2-3)[nH]1)C(C)C. The van der Waals surface area contributed by atoms with E-state index >= 15 is 0 Å². The molecule has 0 spiro atoms. The van der Waals surface area contributed by atoms with Crippen molar-refractivity contribution in [3.05, 3.63) is 90.2 Å². The zero-order valence-electron chi connectivity index (χ0n) is 37.5. The zero-order valence-corrected chi connectivity index (χ0v) is 37.5. The number of benzene rings is 3. The van der Waals surface area contributed by atoms with Crippen molar-refractivity contribution in [1.82, 2.24) is 40.4 Å². The van der Waals surface area contributed by atoms with Crippen molar-refractivity contribution in [1.29, 1.82) is 0 Å². The Balaban J connectivity index is 0.912. The Labute approximate surface area is 384 Å². The van der Waals surface area contributed by atoms with Crippen molar-refractivity contribution in [3.63, 3.8) is 0 Å². The fourth-order valence-corrected chi connectivity index (χ4v) is 10.5. The van der Waals surface area contributed by atoms with E-state index in [0.29, 0.717) is 48.3 Å². The first kappa shape index (κ1) is 44.0. The molecule has 0 radical (unpaired) electrons. The fourth-order valence-electron chi connectivity index (χ4n) is 10.5. The summed E-state index contributed by atoms with van der Waals surface area (Å²) in [6, 6.07) is 11.8. The average Bonchev–Trinajstić information content (AvgIpc) is 3.81. The molecule has 67 heavy (non-hydrogen) atoms. The van der Waals surface area contributed by atoms with E-state index in [9.17, 15) is 28.0 Å². The smallest absolute Gasteiger partial charge is 0.407 e. The standard InChI is InChI=1S/C49H52F2N8O8/c1-24(2)40(56-48(62)64-3)46(61)59-36-17-29(36)18-38(59)43-52-20-35(54-43)28-10-12-31-30(15-28)23-66-39-19-32-27(16-33(31)39)11-13-34-42(32)55-44(53-34)37-14-25(22-67-47(50)51)21-58(37)45(60)41(57-49(63)65-4)26-8-6-5-7-9-26/h5-8,10-13,15-16,19-20,24-26,29,36-38,40-41,47H,9,14,17-18,21-23H2,1-4H3,(H,52,54)(H,53,55)(H,56,62)(H,57,63)/t25-,26?,29?,36?,37-,38-,40-,41+/m0/s1. The van der Waals surface area contributed by atoms with Crippen LogP contribution in [0.2, 0.25) is 0 Å². The summed E-state index contributed by atoms with van der Waals surface area (Å²) in [6.45, 7) is 1.04. The minimum Gasteiger partial charge on any atom is -0.488 e. The second-order valence-electron chi connectivity index (χ2n) is 18.4. The van der Waals surface area contributed by atoms with E-state index in [1.54, 1.807) is 11.1 Å². The Morgan fingerprint density at radius 3 is 2.49 bits per heavy atom. The number of aromatic amines is 2. The molecule has 3 aromatic carbocycles. The van der Waals surface area contributed by atoms with Crippen LogP contribution in [0.5, 0.6) is 5.75 Å². The van der Waals surface area contributed by atoms with Crippen molar-refractivity contribution >= 4 is 45.8 Å². The van der Waals surface area contributed by atoms with Gasteiger partial charge >= 0.3 is 18.8 Å². The molecule has 3 fully saturated rings. The molecular weight excluding hydrogens is 867 g/mol. The number of amides is 4. The lowest BCUT2D eigenvalue weighted by molar-refractivity contribution is -0.139. The number of piperidine rings is 1. The van der Waals surface area contributed by atoms with E-state index in [4.69, 9.17) is 28.9 Å². The minimum atomic E-state index is -2.96. The number of rotatable bonds is 12. The molecule has 4 N–H and O–H groups in total. The third kappa shape index (κ3) is 8.36. The molecule has 16 nitrogen and oxygen atoms in total. The van der Waals surface area contributed by atoms with Gasteiger partial charge in [-0.15, -0.1) is 0 Å². The molecule has 2 saturated heterocycles. The summed E-state index contributed by atoms with van der Waals surface area (Å²) in [5.74, 6) is 0.880. The summed E-state index contributed by atoms with van der Waals surface area (Å²) in [5.41, 5.74) is 6.08. The van der Waals surface area contributed by atoms with E-state index in [-0.39, 0.29) is 48.9 Å². The Morgan fingerprint density at radius 1 is 0.910 bits per heavy atom.